The van der Waals surface area contributed by atoms with E-state index in [1.807, 2.05) is 18.2 Å². The van der Waals surface area contributed by atoms with Crippen LogP contribution >= 0.6 is 11.6 Å². The Morgan fingerprint density at radius 1 is 1.23 bits per heavy atom. The molecule has 1 atom stereocenters. The molecule has 0 saturated carbocycles. The molecule has 0 aliphatic heterocycles. The number of carbonyl (C=O) groups excluding carboxylic acids is 1. The van der Waals surface area contributed by atoms with Crippen molar-refractivity contribution in [3.63, 3.8) is 0 Å². The molecule has 5 heteroatoms. The van der Waals surface area contributed by atoms with Crippen molar-refractivity contribution in [3.05, 3.63) is 53.2 Å². The average molecular weight is 318 g/mol. The fourth-order valence-corrected chi connectivity index (χ4v) is 2.04. The molecule has 2 rings (SSSR count). The maximum absolute atomic E-state index is 12.0. The van der Waals surface area contributed by atoms with Crippen molar-refractivity contribution in [2.24, 2.45) is 0 Å². The summed E-state index contributed by atoms with van der Waals surface area (Å²) in [5.41, 5.74) is 1.86. The Morgan fingerprint density at radius 3 is 2.55 bits per heavy atom. The molecule has 0 spiro atoms. The first-order valence-electron chi connectivity index (χ1n) is 7.33. The normalized spacial score (nSPS) is 11.8. The van der Waals surface area contributed by atoms with E-state index in [-0.39, 0.29) is 5.91 Å². The van der Waals surface area contributed by atoms with Gasteiger partial charge in [-0.05, 0) is 43.2 Å². The minimum Gasteiger partial charge on any atom is -0.381 e. The number of hydrogen-bond donors (Lipinski definition) is 2. The Labute approximate surface area is 135 Å². The molecule has 0 saturated heterocycles. The molecule has 1 amide bonds. The Balaban J connectivity index is 1.90. The number of halogens is 1. The molecule has 22 heavy (non-hydrogen) atoms. The van der Waals surface area contributed by atoms with Crippen LogP contribution in [0, 0.1) is 0 Å². The first kappa shape index (κ1) is 16.3. The van der Waals surface area contributed by atoms with Gasteiger partial charge in [-0.3, -0.25) is 4.79 Å². The number of benzene rings is 1. The van der Waals surface area contributed by atoms with Gasteiger partial charge in [0, 0.05) is 11.1 Å². The van der Waals surface area contributed by atoms with Gasteiger partial charge in [0.2, 0.25) is 5.91 Å². The molecule has 2 aromatic rings. The first-order chi connectivity index (χ1) is 10.6. The predicted octanol–water partition coefficient (Wildman–Crippen LogP) is 4.13. The number of pyridine rings is 1. The standard InChI is InChI=1S/C17H20ClN3O/c1-3-12(2)20-15-8-9-16(19-11-15)21-17(22)10-13-4-6-14(18)7-5-13/h4-9,11-12,20H,3,10H2,1-2H3,(H,19,21,22). The second-order valence-corrected chi connectivity index (χ2v) is 5.67. The largest absolute Gasteiger partial charge is 0.381 e. The van der Waals surface area contributed by atoms with Crippen LogP contribution in [0.15, 0.2) is 42.6 Å². The van der Waals surface area contributed by atoms with Gasteiger partial charge in [-0.25, -0.2) is 4.98 Å². The fraction of sp³-hybridized carbons (Fsp3) is 0.294. The van der Waals surface area contributed by atoms with E-state index >= 15 is 0 Å². The van der Waals surface area contributed by atoms with Crippen molar-refractivity contribution in [3.8, 4) is 0 Å². The molecule has 0 aliphatic rings. The van der Waals surface area contributed by atoms with Crippen molar-refractivity contribution in [1.29, 1.82) is 0 Å². The molecule has 4 nitrogen and oxygen atoms in total. The van der Waals surface area contributed by atoms with Crippen molar-refractivity contribution >= 4 is 29.0 Å². The van der Waals surface area contributed by atoms with Crippen LogP contribution in [0.1, 0.15) is 25.8 Å². The highest BCUT2D eigenvalue weighted by Gasteiger charge is 2.06. The fourth-order valence-electron chi connectivity index (χ4n) is 1.91. The summed E-state index contributed by atoms with van der Waals surface area (Å²) in [6, 6.07) is 11.3. The maximum atomic E-state index is 12.0. The van der Waals surface area contributed by atoms with E-state index in [0.29, 0.717) is 23.3 Å². The van der Waals surface area contributed by atoms with Crippen molar-refractivity contribution < 1.29 is 4.79 Å². The minimum atomic E-state index is -0.0996. The second kappa shape index (κ2) is 7.80. The van der Waals surface area contributed by atoms with Gasteiger partial charge >= 0.3 is 0 Å². The minimum absolute atomic E-state index is 0.0996. The summed E-state index contributed by atoms with van der Waals surface area (Å²) in [6.07, 6.45) is 3.06. The molecule has 0 bridgehead atoms. The molecule has 1 aromatic carbocycles. The highest BCUT2D eigenvalue weighted by molar-refractivity contribution is 6.30. The number of nitrogens with zero attached hydrogens (tertiary/aromatic N) is 1. The van der Waals surface area contributed by atoms with Gasteiger partial charge in [-0.1, -0.05) is 30.7 Å². The van der Waals surface area contributed by atoms with Gasteiger partial charge in [-0.15, -0.1) is 0 Å². The molecule has 0 aliphatic carbocycles. The van der Waals surface area contributed by atoms with Gasteiger partial charge in [0.15, 0.2) is 0 Å². The van der Waals surface area contributed by atoms with Gasteiger partial charge in [0.05, 0.1) is 18.3 Å². The number of rotatable bonds is 6. The smallest absolute Gasteiger partial charge is 0.229 e. The lowest BCUT2D eigenvalue weighted by atomic mass is 10.1. The van der Waals surface area contributed by atoms with E-state index in [4.69, 9.17) is 11.6 Å². The zero-order chi connectivity index (χ0) is 15.9. The zero-order valence-corrected chi connectivity index (χ0v) is 13.5. The summed E-state index contributed by atoms with van der Waals surface area (Å²) in [5, 5.41) is 6.78. The quantitative estimate of drug-likeness (QED) is 0.842. The molecule has 1 unspecified atom stereocenters. The van der Waals surface area contributed by atoms with Gasteiger partial charge in [0.25, 0.3) is 0 Å². The van der Waals surface area contributed by atoms with E-state index in [2.05, 4.69) is 29.5 Å². The first-order valence-corrected chi connectivity index (χ1v) is 7.71. The van der Waals surface area contributed by atoms with Crippen LogP contribution in [0.25, 0.3) is 0 Å². The topological polar surface area (TPSA) is 54.0 Å². The summed E-state index contributed by atoms with van der Waals surface area (Å²) in [5.74, 6) is 0.450. The monoisotopic (exact) mass is 317 g/mol. The van der Waals surface area contributed by atoms with Crippen LogP contribution in [-0.4, -0.2) is 16.9 Å². The molecule has 0 fully saturated rings. The highest BCUT2D eigenvalue weighted by atomic mass is 35.5. The van der Waals surface area contributed by atoms with E-state index in [1.165, 1.54) is 0 Å². The lowest BCUT2D eigenvalue weighted by molar-refractivity contribution is -0.115. The molecule has 2 N–H and O–H groups in total. The van der Waals surface area contributed by atoms with Crippen molar-refractivity contribution in [1.82, 2.24) is 4.98 Å². The zero-order valence-electron chi connectivity index (χ0n) is 12.8. The summed E-state index contributed by atoms with van der Waals surface area (Å²) in [7, 11) is 0. The second-order valence-electron chi connectivity index (χ2n) is 5.24. The summed E-state index contributed by atoms with van der Waals surface area (Å²) in [4.78, 5) is 16.2. The Kier molecular flexibility index (Phi) is 5.78. The molecule has 1 heterocycles. The van der Waals surface area contributed by atoms with Crippen LogP contribution in [0.5, 0.6) is 0 Å². The number of hydrogen-bond acceptors (Lipinski definition) is 3. The van der Waals surface area contributed by atoms with E-state index in [9.17, 15) is 4.79 Å². The molecular formula is C17H20ClN3O. The SMILES string of the molecule is CCC(C)Nc1ccc(NC(=O)Cc2ccc(Cl)cc2)nc1. The number of anilines is 2. The summed E-state index contributed by atoms with van der Waals surface area (Å²) < 4.78 is 0. The van der Waals surface area contributed by atoms with E-state index in [0.717, 1.165) is 17.7 Å². The number of amides is 1. The summed E-state index contributed by atoms with van der Waals surface area (Å²) in [6.45, 7) is 4.23. The number of aromatic nitrogens is 1. The van der Waals surface area contributed by atoms with Gasteiger partial charge < -0.3 is 10.6 Å². The third-order valence-electron chi connectivity index (χ3n) is 3.33. The number of carbonyl (C=O) groups is 1. The summed E-state index contributed by atoms with van der Waals surface area (Å²) >= 11 is 5.82. The van der Waals surface area contributed by atoms with Crippen LogP contribution < -0.4 is 10.6 Å². The van der Waals surface area contributed by atoms with Crippen LogP contribution in [0.4, 0.5) is 11.5 Å². The maximum Gasteiger partial charge on any atom is 0.229 e. The molecule has 0 radical (unpaired) electrons. The number of nitrogens with one attached hydrogen (secondary N) is 2. The molecule has 116 valence electrons. The van der Waals surface area contributed by atoms with Crippen molar-refractivity contribution in [2.75, 3.05) is 10.6 Å². The Morgan fingerprint density at radius 2 is 1.95 bits per heavy atom. The third kappa shape index (κ3) is 5.04. The third-order valence-corrected chi connectivity index (χ3v) is 3.59. The molecular weight excluding hydrogens is 298 g/mol. The lowest BCUT2D eigenvalue weighted by Gasteiger charge is -2.13. The Bertz CT molecular complexity index is 611. The van der Waals surface area contributed by atoms with Gasteiger partial charge in [0.1, 0.15) is 5.82 Å². The highest BCUT2D eigenvalue weighted by Crippen LogP contribution is 2.13. The van der Waals surface area contributed by atoms with Crippen LogP contribution in [0.3, 0.4) is 0 Å². The lowest BCUT2D eigenvalue weighted by Crippen LogP contribution is -2.16. The van der Waals surface area contributed by atoms with Crippen LogP contribution in [0.2, 0.25) is 5.02 Å². The van der Waals surface area contributed by atoms with E-state index in [1.54, 1.807) is 24.4 Å². The van der Waals surface area contributed by atoms with Crippen LogP contribution in [-0.2, 0) is 11.2 Å². The van der Waals surface area contributed by atoms with Gasteiger partial charge in [-0.2, -0.15) is 0 Å². The average Bonchev–Trinajstić information content (AvgIpc) is 2.51. The van der Waals surface area contributed by atoms with Crippen molar-refractivity contribution in [2.45, 2.75) is 32.7 Å². The van der Waals surface area contributed by atoms with E-state index < -0.39 is 0 Å². The molecule has 1 aromatic heterocycles. The Hall–Kier alpha value is -2.07. The predicted molar refractivity (Wildman–Crippen MR) is 91.4 cm³/mol.